The molecule has 4 rings (SSSR count). The summed E-state index contributed by atoms with van der Waals surface area (Å²) in [7, 11) is 0. The summed E-state index contributed by atoms with van der Waals surface area (Å²) in [6, 6.07) is 12.3. The maximum atomic E-state index is 12.1. The van der Waals surface area contributed by atoms with Gasteiger partial charge in [0.1, 0.15) is 11.3 Å². The Hall–Kier alpha value is -2.85. The molecule has 1 aromatic heterocycles. The molecule has 0 spiro atoms. The summed E-state index contributed by atoms with van der Waals surface area (Å²) >= 11 is 6.05. The third kappa shape index (κ3) is 3.16. The van der Waals surface area contributed by atoms with E-state index in [-0.39, 0.29) is 5.63 Å². The Labute approximate surface area is 154 Å². The zero-order valence-corrected chi connectivity index (χ0v) is 14.6. The van der Waals surface area contributed by atoms with Gasteiger partial charge in [0.25, 0.3) is 0 Å². The van der Waals surface area contributed by atoms with Gasteiger partial charge in [-0.05, 0) is 54.7 Å². The van der Waals surface area contributed by atoms with Gasteiger partial charge in [-0.25, -0.2) is 9.59 Å². The minimum atomic E-state index is -0.534. The van der Waals surface area contributed by atoms with E-state index in [4.69, 9.17) is 20.8 Å². The smallest absolute Gasteiger partial charge is 0.339 e. The van der Waals surface area contributed by atoms with Gasteiger partial charge >= 0.3 is 11.6 Å². The molecule has 0 saturated carbocycles. The first-order valence-corrected chi connectivity index (χ1v) is 8.72. The summed E-state index contributed by atoms with van der Waals surface area (Å²) in [5, 5.41) is 1.46. The molecular weight excluding hydrogens is 352 g/mol. The van der Waals surface area contributed by atoms with Crippen LogP contribution in [0, 0.1) is 0 Å². The highest BCUT2D eigenvalue weighted by Crippen LogP contribution is 2.29. The van der Waals surface area contributed by atoms with Crippen LogP contribution in [0.4, 0.5) is 0 Å². The SMILES string of the molecule is O=C(C=Cc1ccccc1Cl)Oc1ccc2c3c(c(=O)oc2c1)CCC3. The number of ether oxygens (including phenoxy) is 1. The summed E-state index contributed by atoms with van der Waals surface area (Å²) in [6.45, 7) is 0. The van der Waals surface area contributed by atoms with Gasteiger partial charge in [-0.1, -0.05) is 29.8 Å². The lowest BCUT2D eigenvalue weighted by Crippen LogP contribution is -2.07. The van der Waals surface area contributed by atoms with Gasteiger partial charge in [0.2, 0.25) is 0 Å². The van der Waals surface area contributed by atoms with Crippen molar-refractivity contribution in [3.8, 4) is 5.75 Å². The van der Waals surface area contributed by atoms with E-state index in [0.717, 1.165) is 41.3 Å². The van der Waals surface area contributed by atoms with Gasteiger partial charge in [0, 0.05) is 28.1 Å². The Bertz CT molecular complexity index is 1090. The van der Waals surface area contributed by atoms with E-state index in [9.17, 15) is 9.59 Å². The molecule has 0 saturated heterocycles. The third-order valence-electron chi connectivity index (χ3n) is 4.47. The normalized spacial score (nSPS) is 13.3. The monoisotopic (exact) mass is 366 g/mol. The van der Waals surface area contributed by atoms with Crippen LogP contribution in [0.3, 0.4) is 0 Å². The second-order valence-corrected chi connectivity index (χ2v) is 6.54. The van der Waals surface area contributed by atoms with Crippen LogP contribution in [0.1, 0.15) is 23.1 Å². The summed E-state index contributed by atoms with van der Waals surface area (Å²) in [4.78, 5) is 24.1. The molecule has 0 fully saturated rings. The Morgan fingerprint density at radius 2 is 1.92 bits per heavy atom. The van der Waals surface area contributed by atoms with Crippen LogP contribution in [0.5, 0.6) is 5.75 Å². The lowest BCUT2D eigenvalue weighted by molar-refractivity contribution is -0.128. The average molecular weight is 367 g/mol. The van der Waals surface area contributed by atoms with Crippen molar-refractivity contribution in [3.63, 3.8) is 0 Å². The van der Waals surface area contributed by atoms with Crippen LogP contribution in [0.25, 0.3) is 17.0 Å². The van der Waals surface area contributed by atoms with Crippen molar-refractivity contribution >= 4 is 34.6 Å². The maximum absolute atomic E-state index is 12.1. The third-order valence-corrected chi connectivity index (χ3v) is 4.81. The first kappa shape index (κ1) is 16.6. The molecule has 0 radical (unpaired) electrons. The average Bonchev–Trinajstić information content (AvgIpc) is 3.11. The van der Waals surface area contributed by atoms with Gasteiger partial charge < -0.3 is 9.15 Å². The molecular formula is C21H15ClO4. The Morgan fingerprint density at radius 1 is 1.12 bits per heavy atom. The number of carbonyl (C=O) groups is 1. The Balaban J connectivity index is 1.58. The highest BCUT2D eigenvalue weighted by atomic mass is 35.5. The van der Waals surface area contributed by atoms with Crippen molar-refractivity contribution in [1.29, 1.82) is 0 Å². The molecule has 4 nitrogen and oxygen atoms in total. The number of fused-ring (bicyclic) bond motifs is 3. The van der Waals surface area contributed by atoms with E-state index >= 15 is 0 Å². The van der Waals surface area contributed by atoms with Crippen molar-refractivity contribution < 1.29 is 13.9 Å². The van der Waals surface area contributed by atoms with Crippen LogP contribution in [-0.2, 0) is 17.6 Å². The molecule has 0 bridgehead atoms. The topological polar surface area (TPSA) is 56.5 Å². The largest absolute Gasteiger partial charge is 0.423 e. The maximum Gasteiger partial charge on any atom is 0.339 e. The molecule has 0 amide bonds. The molecule has 0 atom stereocenters. The van der Waals surface area contributed by atoms with Gasteiger partial charge in [-0.15, -0.1) is 0 Å². The number of hydrogen-bond donors (Lipinski definition) is 0. The summed E-state index contributed by atoms with van der Waals surface area (Å²) in [5.41, 5.74) is 2.69. The Morgan fingerprint density at radius 3 is 2.77 bits per heavy atom. The number of benzene rings is 2. The molecule has 0 unspecified atom stereocenters. The lowest BCUT2D eigenvalue weighted by atomic mass is 10.1. The van der Waals surface area contributed by atoms with Gasteiger partial charge in [-0.3, -0.25) is 0 Å². The summed E-state index contributed by atoms with van der Waals surface area (Å²) in [5.74, 6) is -0.208. The number of carbonyl (C=O) groups excluding carboxylic acids is 1. The molecule has 0 aliphatic heterocycles. The number of halogens is 1. The van der Waals surface area contributed by atoms with Crippen LogP contribution >= 0.6 is 11.6 Å². The van der Waals surface area contributed by atoms with Crippen molar-refractivity contribution in [3.05, 3.63) is 80.7 Å². The highest BCUT2D eigenvalue weighted by Gasteiger charge is 2.19. The van der Waals surface area contributed by atoms with E-state index in [1.807, 2.05) is 18.2 Å². The van der Waals surface area contributed by atoms with Gasteiger partial charge in [0.05, 0.1) is 0 Å². The second kappa shape index (κ2) is 6.81. The summed E-state index contributed by atoms with van der Waals surface area (Å²) < 4.78 is 10.7. The number of aryl methyl sites for hydroxylation is 1. The van der Waals surface area contributed by atoms with E-state index in [2.05, 4.69) is 0 Å². The van der Waals surface area contributed by atoms with E-state index in [0.29, 0.717) is 16.4 Å². The van der Waals surface area contributed by atoms with Gasteiger partial charge in [0.15, 0.2) is 0 Å². The molecule has 130 valence electrons. The van der Waals surface area contributed by atoms with Crippen molar-refractivity contribution in [2.75, 3.05) is 0 Å². The van der Waals surface area contributed by atoms with Crippen LogP contribution in [-0.4, -0.2) is 5.97 Å². The highest BCUT2D eigenvalue weighted by molar-refractivity contribution is 6.32. The minimum absolute atomic E-state index is 0.299. The van der Waals surface area contributed by atoms with Crippen molar-refractivity contribution in [2.24, 2.45) is 0 Å². The van der Waals surface area contributed by atoms with E-state index in [1.165, 1.54) is 6.08 Å². The molecule has 0 N–H and O–H groups in total. The molecule has 3 aromatic rings. The van der Waals surface area contributed by atoms with Gasteiger partial charge in [-0.2, -0.15) is 0 Å². The minimum Gasteiger partial charge on any atom is -0.423 e. The molecule has 2 aromatic carbocycles. The van der Waals surface area contributed by atoms with Crippen LogP contribution < -0.4 is 10.4 Å². The fraction of sp³-hybridized carbons (Fsp3) is 0.143. The lowest BCUT2D eigenvalue weighted by Gasteiger charge is -2.06. The first-order valence-electron chi connectivity index (χ1n) is 8.35. The zero-order chi connectivity index (χ0) is 18.1. The van der Waals surface area contributed by atoms with Crippen LogP contribution in [0.15, 0.2) is 57.8 Å². The first-order chi connectivity index (χ1) is 12.6. The zero-order valence-electron chi connectivity index (χ0n) is 13.8. The van der Waals surface area contributed by atoms with Crippen molar-refractivity contribution in [1.82, 2.24) is 0 Å². The predicted octanol–water partition coefficient (Wildman–Crippen LogP) is 4.55. The van der Waals surface area contributed by atoms with E-state index < -0.39 is 5.97 Å². The molecule has 1 aliphatic carbocycles. The number of hydrogen-bond acceptors (Lipinski definition) is 4. The van der Waals surface area contributed by atoms with Crippen LogP contribution in [0.2, 0.25) is 5.02 Å². The predicted molar refractivity (Wildman–Crippen MR) is 101 cm³/mol. The Kier molecular flexibility index (Phi) is 4.35. The van der Waals surface area contributed by atoms with E-state index in [1.54, 1.807) is 30.3 Å². The molecule has 26 heavy (non-hydrogen) atoms. The van der Waals surface area contributed by atoms with Crippen molar-refractivity contribution in [2.45, 2.75) is 19.3 Å². The summed E-state index contributed by atoms with van der Waals surface area (Å²) in [6.07, 6.45) is 5.50. The standard InChI is InChI=1S/C21H15ClO4/c22-18-7-2-1-4-13(18)8-11-20(23)25-14-9-10-16-15-5-3-6-17(15)21(24)26-19(16)12-14/h1-2,4,7-12H,3,5-6H2. The fourth-order valence-electron chi connectivity index (χ4n) is 3.25. The fourth-order valence-corrected chi connectivity index (χ4v) is 3.44. The molecule has 1 heterocycles. The number of esters is 1. The quantitative estimate of drug-likeness (QED) is 0.295. The number of rotatable bonds is 3. The molecule has 1 aliphatic rings. The molecule has 5 heteroatoms. The second-order valence-electron chi connectivity index (χ2n) is 6.13.